The molecule has 340 valence electrons. The zero-order valence-electron chi connectivity index (χ0n) is 36.4. The second kappa shape index (κ2) is 21.3. The summed E-state index contributed by atoms with van der Waals surface area (Å²) in [6.07, 6.45) is -2.99. The van der Waals surface area contributed by atoms with E-state index in [4.69, 9.17) is 28.4 Å². The van der Waals surface area contributed by atoms with Crippen LogP contribution < -0.4 is 9.64 Å². The third-order valence-corrected chi connectivity index (χ3v) is 11.8. The predicted octanol–water partition coefficient (Wildman–Crippen LogP) is 9.09. The number of rotatable bonds is 15. The normalized spacial score (nSPS) is 21.5. The van der Waals surface area contributed by atoms with Gasteiger partial charge >= 0.3 is 23.9 Å². The number of anilines is 1. The van der Waals surface area contributed by atoms with Crippen molar-refractivity contribution in [1.82, 2.24) is 0 Å². The van der Waals surface area contributed by atoms with Crippen molar-refractivity contribution in [2.45, 2.75) is 76.1 Å². The number of esters is 4. The molecule has 66 heavy (non-hydrogen) atoms. The molecular weight excluding hydrogens is 870 g/mol. The smallest absolute Gasteiger partial charge is 0.303 e. The highest BCUT2D eigenvalue weighted by atomic mass is 32.2. The van der Waals surface area contributed by atoms with Crippen molar-refractivity contribution < 1.29 is 61.6 Å². The van der Waals surface area contributed by atoms with Gasteiger partial charge in [0.05, 0.1) is 11.3 Å². The molecule has 0 radical (unpaired) electrons. The van der Waals surface area contributed by atoms with Crippen LogP contribution in [0.1, 0.15) is 66.9 Å². The maximum absolute atomic E-state index is 14.0. The highest BCUT2D eigenvalue weighted by Crippen LogP contribution is 2.48. The molecule has 0 bridgehead atoms. The van der Waals surface area contributed by atoms with Gasteiger partial charge in [-0.3, -0.25) is 33.7 Å². The summed E-state index contributed by atoms with van der Waals surface area (Å²) < 4.78 is 48.8. The van der Waals surface area contributed by atoms with E-state index in [2.05, 4.69) is 0 Å². The molecule has 0 saturated carbocycles. The van der Waals surface area contributed by atoms with E-state index in [0.29, 0.717) is 28.1 Å². The van der Waals surface area contributed by atoms with Crippen LogP contribution in [0.2, 0.25) is 0 Å². The molecule has 2 aliphatic heterocycles. The molecular formula is C51H46FNO12S. The Morgan fingerprint density at radius 2 is 1.30 bits per heavy atom. The average molecular weight is 916 g/mol. The molecule has 1 unspecified atom stereocenters. The Morgan fingerprint density at radius 1 is 0.697 bits per heavy atom. The lowest BCUT2D eigenvalue weighted by atomic mass is 9.89. The van der Waals surface area contributed by atoms with E-state index in [-0.39, 0.29) is 24.2 Å². The first kappa shape index (κ1) is 46.9. The van der Waals surface area contributed by atoms with Gasteiger partial charge in [-0.2, -0.15) is 0 Å². The van der Waals surface area contributed by atoms with Crippen molar-refractivity contribution in [2.24, 2.45) is 0 Å². The summed E-state index contributed by atoms with van der Waals surface area (Å²) in [5.41, 5.74) is 4.50. The van der Waals surface area contributed by atoms with Gasteiger partial charge in [-0.25, -0.2) is 4.39 Å². The van der Waals surface area contributed by atoms with Crippen molar-refractivity contribution >= 4 is 52.3 Å². The minimum absolute atomic E-state index is 0.196. The quantitative estimate of drug-likeness (QED) is 0.0424. The Balaban J connectivity index is 1.27. The van der Waals surface area contributed by atoms with Crippen molar-refractivity contribution in [3.05, 3.63) is 168 Å². The summed E-state index contributed by atoms with van der Waals surface area (Å²) in [5.74, 6) is -3.13. The standard InChI is InChI=1S/C51H46FNO12S/c1-30(54)60-29-44-48(62-31(2)55)50(64-33(4)57)49(63-32(3)56)47(65-44)37-17-15-35(16-18-37)38-21-24-41(43(27-38)61-28-34-11-7-5-8-12-34)46-45(26-25-42(58)36-19-22-39(52)23-20-36)66-51(59)53(46)40-13-9-6-10-14-40/h5-27,44-50H,28-29H2,1-4H3/b26-25+/t44-,45-,46-,47?,48-,49+,50+/m1/s1. The fourth-order valence-electron chi connectivity index (χ4n) is 7.89. The van der Waals surface area contributed by atoms with Crippen LogP contribution in [0.25, 0.3) is 11.1 Å². The fourth-order valence-corrected chi connectivity index (χ4v) is 9.01. The molecule has 2 saturated heterocycles. The number of nitrogens with zero attached hydrogens (tertiary/aromatic N) is 1. The Kier molecular flexibility index (Phi) is 15.1. The first-order valence-corrected chi connectivity index (χ1v) is 21.9. The molecule has 0 N–H and O–H groups in total. The molecule has 2 heterocycles. The number of halogens is 1. The monoisotopic (exact) mass is 915 g/mol. The van der Waals surface area contributed by atoms with Gasteiger partial charge in [0.1, 0.15) is 37.0 Å². The molecule has 0 spiro atoms. The summed E-state index contributed by atoms with van der Waals surface area (Å²) in [7, 11) is 0. The maximum atomic E-state index is 14.0. The van der Waals surface area contributed by atoms with Crippen LogP contribution in [0.4, 0.5) is 14.9 Å². The first-order valence-electron chi connectivity index (χ1n) is 21.0. The van der Waals surface area contributed by atoms with E-state index in [9.17, 15) is 33.2 Å². The van der Waals surface area contributed by atoms with Gasteiger partial charge in [0.2, 0.25) is 0 Å². The molecule has 13 nitrogen and oxygen atoms in total. The Labute approximate surface area is 384 Å². The third-order valence-electron chi connectivity index (χ3n) is 10.8. The molecule has 0 aliphatic carbocycles. The van der Waals surface area contributed by atoms with Crippen molar-refractivity contribution in [3.8, 4) is 16.9 Å². The minimum Gasteiger partial charge on any atom is -0.489 e. The zero-order chi connectivity index (χ0) is 46.9. The van der Waals surface area contributed by atoms with Gasteiger partial charge in [0, 0.05) is 44.5 Å². The fraction of sp³-hybridized carbons (Fsp3) is 0.255. The van der Waals surface area contributed by atoms with Gasteiger partial charge in [-0.15, -0.1) is 0 Å². The number of benzene rings is 5. The molecule has 5 aromatic rings. The van der Waals surface area contributed by atoms with E-state index >= 15 is 0 Å². The number of thioether (sulfide) groups is 1. The predicted molar refractivity (Wildman–Crippen MR) is 242 cm³/mol. The van der Waals surface area contributed by atoms with Crippen LogP contribution in [0.15, 0.2) is 140 Å². The molecule has 7 atom stereocenters. The van der Waals surface area contributed by atoms with E-state index in [1.54, 1.807) is 23.1 Å². The van der Waals surface area contributed by atoms with Crippen molar-refractivity contribution in [1.29, 1.82) is 0 Å². The number of carbonyl (C=O) groups excluding carboxylic acids is 6. The summed E-state index contributed by atoms with van der Waals surface area (Å²) in [4.78, 5) is 77.9. The number of hydrogen-bond acceptors (Lipinski definition) is 13. The van der Waals surface area contributed by atoms with Gasteiger partial charge < -0.3 is 28.4 Å². The van der Waals surface area contributed by atoms with Gasteiger partial charge in [-0.05, 0) is 70.8 Å². The number of ketones is 1. The molecule has 2 aliphatic rings. The van der Waals surface area contributed by atoms with E-state index in [1.165, 1.54) is 44.2 Å². The van der Waals surface area contributed by atoms with Crippen LogP contribution in [0.5, 0.6) is 5.75 Å². The first-order chi connectivity index (χ1) is 31.7. The Morgan fingerprint density at radius 3 is 1.94 bits per heavy atom. The largest absolute Gasteiger partial charge is 0.489 e. The SMILES string of the molecule is CC(=O)OC[C@H]1OC(c2ccc(-c3ccc([C@@H]4[C@@H](/C=C/C(=O)c5ccc(F)cc5)SC(=O)N4c4ccccc4)c(OCc4ccccc4)c3)cc2)[C@H](OC(C)=O)[C@@H](OC(C)=O)[C@@H]1OC(C)=O. The molecule has 7 rings (SSSR count). The van der Waals surface area contributed by atoms with Crippen LogP contribution in [-0.2, 0) is 49.5 Å². The lowest BCUT2D eigenvalue weighted by Crippen LogP contribution is -2.59. The maximum Gasteiger partial charge on any atom is 0.303 e. The second-order valence-corrected chi connectivity index (χ2v) is 16.6. The molecule has 15 heteroatoms. The van der Waals surface area contributed by atoms with E-state index < -0.39 is 71.5 Å². The zero-order valence-corrected chi connectivity index (χ0v) is 37.2. The third kappa shape index (κ3) is 11.4. The number of para-hydroxylation sites is 1. The molecule has 1 amide bonds. The lowest BCUT2D eigenvalue weighted by Gasteiger charge is -2.44. The summed E-state index contributed by atoms with van der Waals surface area (Å²) in [5, 5.41) is -0.779. The van der Waals surface area contributed by atoms with Crippen molar-refractivity contribution in [3.63, 3.8) is 0 Å². The Bertz CT molecular complexity index is 2590. The number of hydrogen-bond donors (Lipinski definition) is 0. The number of allylic oxidation sites excluding steroid dienone is 1. The number of carbonyl (C=O) groups is 6. The topological polar surface area (TPSA) is 161 Å². The highest BCUT2D eigenvalue weighted by molar-refractivity contribution is 8.15. The van der Waals surface area contributed by atoms with Crippen LogP contribution in [-0.4, -0.2) is 71.2 Å². The molecule has 5 aromatic carbocycles. The molecule has 0 aromatic heterocycles. The van der Waals surface area contributed by atoms with Crippen LogP contribution in [0.3, 0.4) is 0 Å². The number of amides is 1. The second-order valence-electron chi connectivity index (χ2n) is 15.5. The summed E-state index contributed by atoms with van der Waals surface area (Å²) >= 11 is 1.08. The van der Waals surface area contributed by atoms with Crippen LogP contribution >= 0.6 is 11.8 Å². The summed E-state index contributed by atoms with van der Waals surface area (Å²) in [6.45, 7) is 4.54. The van der Waals surface area contributed by atoms with Gasteiger partial charge in [-0.1, -0.05) is 103 Å². The van der Waals surface area contributed by atoms with Gasteiger partial charge in [0.15, 0.2) is 24.1 Å². The van der Waals surface area contributed by atoms with Gasteiger partial charge in [0.25, 0.3) is 5.24 Å². The number of ether oxygens (including phenoxy) is 6. The van der Waals surface area contributed by atoms with Crippen molar-refractivity contribution in [2.75, 3.05) is 11.5 Å². The molecule has 2 fully saturated rings. The average Bonchev–Trinajstić information content (AvgIpc) is 3.63. The highest BCUT2D eigenvalue weighted by Gasteiger charge is 2.52. The lowest BCUT2D eigenvalue weighted by molar-refractivity contribution is -0.254. The van der Waals surface area contributed by atoms with E-state index in [1.807, 2.05) is 91.0 Å². The summed E-state index contributed by atoms with van der Waals surface area (Å²) in [6, 6.07) is 36.2. The minimum atomic E-state index is -1.33. The van der Waals surface area contributed by atoms with E-state index in [0.717, 1.165) is 42.3 Å². The van der Waals surface area contributed by atoms with Crippen LogP contribution in [0, 0.1) is 5.82 Å². The Hall–Kier alpha value is -7.10.